The van der Waals surface area contributed by atoms with Crippen molar-refractivity contribution in [3.8, 4) is 0 Å². The van der Waals surface area contributed by atoms with Gasteiger partial charge < -0.3 is 0 Å². The molecule has 4 rings (SSSR count). The minimum atomic E-state index is -3.30. The molecule has 26 heavy (non-hydrogen) atoms. The zero-order valence-corrected chi connectivity index (χ0v) is 16.9. The van der Waals surface area contributed by atoms with E-state index in [1.807, 2.05) is 0 Å². The molecule has 2 aliphatic heterocycles. The highest BCUT2D eigenvalue weighted by Gasteiger charge is 2.34. The molecular formula is C19H27N3O2S2. The Kier molecular flexibility index (Phi) is 5.34. The molecule has 0 spiro atoms. The largest absolute Gasteiger partial charge is 0.296 e. The molecule has 0 amide bonds. The van der Waals surface area contributed by atoms with Crippen LogP contribution in [0.2, 0.25) is 0 Å². The Morgan fingerprint density at radius 2 is 1.85 bits per heavy atom. The molecule has 0 N–H and O–H groups in total. The lowest BCUT2D eigenvalue weighted by molar-refractivity contribution is 0.170. The van der Waals surface area contributed by atoms with Gasteiger partial charge in [-0.3, -0.25) is 4.90 Å². The molecule has 7 heteroatoms. The molecule has 0 unspecified atom stereocenters. The third-order valence-electron chi connectivity index (χ3n) is 5.56. The zero-order valence-electron chi connectivity index (χ0n) is 15.3. The van der Waals surface area contributed by atoms with Crippen LogP contribution < -0.4 is 0 Å². The summed E-state index contributed by atoms with van der Waals surface area (Å²) in [6.45, 7) is 7.17. The summed E-state index contributed by atoms with van der Waals surface area (Å²) in [7, 11) is -3.30. The number of nitrogens with zero attached hydrogens (tertiary/aromatic N) is 3. The molecule has 0 bridgehead atoms. The van der Waals surface area contributed by atoms with Crippen LogP contribution in [0.4, 0.5) is 0 Å². The van der Waals surface area contributed by atoms with Crippen molar-refractivity contribution in [1.82, 2.24) is 13.5 Å². The predicted octanol–water partition coefficient (Wildman–Crippen LogP) is 3.00. The van der Waals surface area contributed by atoms with Gasteiger partial charge in [-0.05, 0) is 41.2 Å². The molecule has 2 saturated heterocycles. The molecule has 3 heterocycles. The molecule has 0 saturated carbocycles. The smallest absolute Gasteiger partial charge is 0.282 e. The minimum Gasteiger partial charge on any atom is -0.296 e. The van der Waals surface area contributed by atoms with Crippen LogP contribution in [0.5, 0.6) is 0 Å². The lowest BCUT2D eigenvalue weighted by Gasteiger charge is -2.38. The Bertz CT molecular complexity index is 857. The Balaban J connectivity index is 1.38. The fraction of sp³-hybridized carbons (Fsp3) is 0.579. The van der Waals surface area contributed by atoms with Crippen LogP contribution in [0.15, 0.2) is 29.6 Å². The average Bonchev–Trinajstić information content (AvgIpc) is 3.05. The van der Waals surface area contributed by atoms with Crippen molar-refractivity contribution >= 4 is 31.6 Å². The van der Waals surface area contributed by atoms with E-state index in [9.17, 15) is 8.42 Å². The third-order valence-corrected chi connectivity index (χ3v) is 8.57. The number of hydrogen-bond acceptors (Lipinski definition) is 4. The van der Waals surface area contributed by atoms with E-state index in [1.165, 1.54) is 15.6 Å². The maximum Gasteiger partial charge on any atom is 0.282 e. The highest BCUT2D eigenvalue weighted by Crippen LogP contribution is 2.27. The lowest BCUT2D eigenvalue weighted by Crippen LogP contribution is -2.54. The van der Waals surface area contributed by atoms with E-state index in [2.05, 4.69) is 41.5 Å². The molecular weight excluding hydrogens is 366 g/mol. The normalized spacial score (nSPS) is 24.3. The summed E-state index contributed by atoms with van der Waals surface area (Å²) in [5, 5.41) is 3.57. The van der Waals surface area contributed by atoms with Gasteiger partial charge in [0.15, 0.2) is 0 Å². The standard InChI is InChI=1S/C19H27N3O2S2/c1-16-5-4-8-22(13-16)26(23,24)21-11-9-20(10-12-21)14-17-15-25-19-7-3-2-6-18(17)19/h2-3,6-7,15-16H,4-5,8-14H2,1H3/t16-/m1/s1. The van der Waals surface area contributed by atoms with Gasteiger partial charge >= 0.3 is 0 Å². The average molecular weight is 394 g/mol. The van der Waals surface area contributed by atoms with Crippen LogP contribution in [0, 0.1) is 5.92 Å². The van der Waals surface area contributed by atoms with E-state index in [0.29, 0.717) is 32.1 Å². The molecule has 0 radical (unpaired) electrons. The molecule has 2 fully saturated rings. The molecule has 5 nitrogen and oxygen atoms in total. The summed E-state index contributed by atoms with van der Waals surface area (Å²) < 4.78 is 30.5. The van der Waals surface area contributed by atoms with Crippen LogP contribution in [0.25, 0.3) is 10.1 Å². The van der Waals surface area contributed by atoms with Gasteiger partial charge in [0.05, 0.1) is 0 Å². The van der Waals surface area contributed by atoms with Gasteiger partial charge in [-0.15, -0.1) is 11.3 Å². The van der Waals surface area contributed by atoms with Crippen LogP contribution in [0.3, 0.4) is 0 Å². The van der Waals surface area contributed by atoms with Gasteiger partial charge in [0, 0.05) is 50.5 Å². The maximum absolute atomic E-state index is 12.9. The van der Waals surface area contributed by atoms with Crippen molar-refractivity contribution in [2.45, 2.75) is 26.3 Å². The second-order valence-corrected chi connectivity index (χ2v) is 10.4. The van der Waals surface area contributed by atoms with Gasteiger partial charge in [-0.1, -0.05) is 25.1 Å². The quantitative estimate of drug-likeness (QED) is 0.802. The highest BCUT2D eigenvalue weighted by atomic mass is 32.2. The monoisotopic (exact) mass is 393 g/mol. The predicted molar refractivity (Wildman–Crippen MR) is 108 cm³/mol. The number of piperidine rings is 1. The first-order valence-corrected chi connectivity index (χ1v) is 11.7. The summed E-state index contributed by atoms with van der Waals surface area (Å²) in [5.41, 5.74) is 1.35. The lowest BCUT2D eigenvalue weighted by atomic mass is 10.0. The van der Waals surface area contributed by atoms with E-state index >= 15 is 0 Å². The second-order valence-electron chi connectivity index (χ2n) is 7.55. The Hall–Kier alpha value is -0.990. The van der Waals surface area contributed by atoms with Gasteiger partial charge in [-0.25, -0.2) is 0 Å². The SMILES string of the molecule is C[C@@H]1CCCN(S(=O)(=O)N2CCN(Cc3csc4ccccc34)CC2)C1. The molecule has 1 aromatic carbocycles. The first kappa shape index (κ1) is 18.4. The van der Waals surface area contributed by atoms with E-state index in [-0.39, 0.29) is 0 Å². The highest BCUT2D eigenvalue weighted by molar-refractivity contribution is 7.86. The van der Waals surface area contributed by atoms with E-state index < -0.39 is 10.2 Å². The number of hydrogen-bond donors (Lipinski definition) is 0. The molecule has 142 valence electrons. The maximum atomic E-state index is 12.9. The molecule has 1 aromatic heterocycles. The Morgan fingerprint density at radius 3 is 2.62 bits per heavy atom. The Labute approximate surface area is 160 Å². The molecule has 1 atom stereocenters. The van der Waals surface area contributed by atoms with Crippen molar-refractivity contribution in [2.24, 2.45) is 5.92 Å². The van der Waals surface area contributed by atoms with E-state index in [1.54, 1.807) is 19.9 Å². The van der Waals surface area contributed by atoms with Gasteiger partial charge in [0.25, 0.3) is 10.2 Å². The third kappa shape index (κ3) is 3.68. The number of thiophene rings is 1. The number of fused-ring (bicyclic) bond motifs is 1. The molecule has 2 aromatic rings. The van der Waals surface area contributed by atoms with Crippen LogP contribution in [0.1, 0.15) is 25.3 Å². The number of piperazine rings is 1. The molecule has 2 aliphatic rings. The topological polar surface area (TPSA) is 43.9 Å². The first-order valence-electron chi connectivity index (χ1n) is 9.47. The summed E-state index contributed by atoms with van der Waals surface area (Å²) in [5.74, 6) is 0.465. The van der Waals surface area contributed by atoms with Crippen molar-refractivity contribution in [2.75, 3.05) is 39.3 Å². The van der Waals surface area contributed by atoms with Crippen molar-refractivity contribution < 1.29 is 8.42 Å². The summed E-state index contributed by atoms with van der Waals surface area (Å²) in [6, 6.07) is 8.50. The van der Waals surface area contributed by atoms with Crippen LogP contribution in [-0.4, -0.2) is 61.2 Å². The minimum absolute atomic E-state index is 0.465. The van der Waals surface area contributed by atoms with E-state index in [4.69, 9.17) is 0 Å². The Morgan fingerprint density at radius 1 is 1.08 bits per heavy atom. The van der Waals surface area contributed by atoms with Gasteiger partial charge in [0.1, 0.15) is 0 Å². The summed E-state index contributed by atoms with van der Waals surface area (Å²) >= 11 is 1.79. The van der Waals surface area contributed by atoms with Crippen molar-refractivity contribution in [3.63, 3.8) is 0 Å². The summed E-state index contributed by atoms with van der Waals surface area (Å²) in [6.07, 6.45) is 2.11. The van der Waals surface area contributed by atoms with Gasteiger partial charge in [-0.2, -0.15) is 17.0 Å². The fourth-order valence-electron chi connectivity index (χ4n) is 4.03. The van der Waals surface area contributed by atoms with Crippen LogP contribution >= 0.6 is 11.3 Å². The van der Waals surface area contributed by atoms with Crippen molar-refractivity contribution in [1.29, 1.82) is 0 Å². The van der Waals surface area contributed by atoms with E-state index in [0.717, 1.165) is 32.5 Å². The van der Waals surface area contributed by atoms with Gasteiger partial charge in [0.2, 0.25) is 0 Å². The first-order chi connectivity index (χ1) is 12.5. The molecule has 0 aliphatic carbocycles. The summed E-state index contributed by atoms with van der Waals surface area (Å²) in [4.78, 5) is 2.37. The second kappa shape index (κ2) is 7.56. The zero-order chi connectivity index (χ0) is 18.1. The van der Waals surface area contributed by atoms with Crippen molar-refractivity contribution in [3.05, 3.63) is 35.2 Å². The number of rotatable bonds is 4. The fourth-order valence-corrected chi connectivity index (χ4v) is 6.74. The number of benzene rings is 1. The van der Waals surface area contributed by atoms with Crippen LogP contribution in [-0.2, 0) is 16.8 Å².